The van der Waals surface area contributed by atoms with Crippen molar-refractivity contribution in [2.45, 2.75) is 32.7 Å². The van der Waals surface area contributed by atoms with Crippen molar-refractivity contribution >= 4 is 17.3 Å². The van der Waals surface area contributed by atoms with Crippen molar-refractivity contribution in [2.75, 3.05) is 24.5 Å². The highest BCUT2D eigenvalue weighted by molar-refractivity contribution is 6.30. The summed E-state index contributed by atoms with van der Waals surface area (Å²) in [6, 6.07) is 8.17. The van der Waals surface area contributed by atoms with E-state index < -0.39 is 0 Å². The summed E-state index contributed by atoms with van der Waals surface area (Å²) >= 11 is 5.92. The highest BCUT2D eigenvalue weighted by atomic mass is 35.5. The molecule has 1 aromatic carbocycles. The number of anilines is 1. The molecule has 1 fully saturated rings. The van der Waals surface area contributed by atoms with Crippen LogP contribution < -0.4 is 10.2 Å². The van der Waals surface area contributed by atoms with Crippen LogP contribution in [0.1, 0.15) is 27.2 Å². The number of nitrogens with one attached hydrogen (secondary N) is 1. The van der Waals surface area contributed by atoms with Crippen molar-refractivity contribution in [3.8, 4) is 0 Å². The smallest absolute Gasteiger partial charge is 0.0407 e. The summed E-state index contributed by atoms with van der Waals surface area (Å²) in [6.07, 6.45) is 1.27. The van der Waals surface area contributed by atoms with E-state index in [-0.39, 0.29) is 5.54 Å². The molecule has 100 valence electrons. The van der Waals surface area contributed by atoms with Gasteiger partial charge in [-0.05, 0) is 57.4 Å². The van der Waals surface area contributed by atoms with Crippen LogP contribution >= 0.6 is 11.6 Å². The first-order valence-corrected chi connectivity index (χ1v) is 7.07. The Kier molecular flexibility index (Phi) is 4.18. The van der Waals surface area contributed by atoms with E-state index in [2.05, 4.69) is 43.1 Å². The van der Waals surface area contributed by atoms with Gasteiger partial charge in [0.25, 0.3) is 0 Å². The lowest BCUT2D eigenvalue weighted by Crippen LogP contribution is -2.39. The summed E-state index contributed by atoms with van der Waals surface area (Å²) < 4.78 is 0. The first-order chi connectivity index (χ1) is 8.44. The molecule has 1 heterocycles. The van der Waals surface area contributed by atoms with Gasteiger partial charge in [-0.1, -0.05) is 11.6 Å². The Balaban J connectivity index is 1.86. The second-order valence-electron chi connectivity index (χ2n) is 6.21. The molecule has 1 aromatic rings. The molecule has 1 aliphatic rings. The van der Waals surface area contributed by atoms with E-state index in [1.54, 1.807) is 0 Å². The second kappa shape index (κ2) is 5.50. The zero-order chi connectivity index (χ0) is 13.2. The number of rotatable bonds is 3. The van der Waals surface area contributed by atoms with E-state index >= 15 is 0 Å². The topological polar surface area (TPSA) is 15.3 Å². The molecule has 3 heteroatoms. The zero-order valence-corrected chi connectivity index (χ0v) is 12.3. The number of hydrogen-bond acceptors (Lipinski definition) is 2. The third-order valence-electron chi connectivity index (χ3n) is 3.40. The van der Waals surface area contributed by atoms with Gasteiger partial charge in [0, 0.05) is 35.9 Å². The molecule has 1 saturated heterocycles. The molecule has 0 bridgehead atoms. The monoisotopic (exact) mass is 266 g/mol. The summed E-state index contributed by atoms with van der Waals surface area (Å²) in [5.41, 5.74) is 1.51. The fraction of sp³-hybridized carbons (Fsp3) is 0.600. The van der Waals surface area contributed by atoms with Crippen LogP contribution in [0.4, 0.5) is 5.69 Å². The zero-order valence-electron chi connectivity index (χ0n) is 11.5. The van der Waals surface area contributed by atoms with Gasteiger partial charge in [0.1, 0.15) is 0 Å². The molecule has 18 heavy (non-hydrogen) atoms. The molecule has 0 saturated carbocycles. The standard InChI is InChI=1S/C15H23ClN2/c1-15(2,3)17-10-12-8-9-18(11-12)14-6-4-13(16)5-7-14/h4-7,12,17H,8-11H2,1-3H3. The molecule has 0 aromatic heterocycles. The maximum atomic E-state index is 5.92. The van der Waals surface area contributed by atoms with Crippen LogP contribution in [-0.2, 0) is 0 Å². The van der Waals surface area contributed by atoms with E-state index in [0.717, 1.165) is 30.6 Å². The minimum Gasteiger partial charge on any atom is -0.371 e. The van der Waals surface area contributed by atoms with Crippen molar-refractivity contribution in [1.29, 1.82) is 0 Å². The van der Waals surface area contributed by atoms with E-state index in [0.29, 0.717) is 0 Å². The molecular weight excluding hydrogens is 244 g/mol. The summed E-state index contributed by atoms with van der Waals surface area (Å²) in [5, 5.41) is 4.41. The summed E-state index contributed by atoms with van der Waals surface area (Å²) in [5.74, 6) is 0.750. The van der Waals surface area contributed by atoms with E-state index in [4.69, 9.17) is 11.6 Å². The number of hydrogen-bond donors (Lipinski definition) is 1. The fourth-order valence-electron chi connectivity index (χ4n) is 2.34. The Bertz CT molecular complexity index is 380. The number of nitrogens with zero attached hydrogens (tertiary/aromatic N) is 1. The van der Waals surface area contributed by atoms with Gasteiger partial charge in [0.15, 0.2) is 0 Å². The van der Waals surface area contributed by atoms with Gasteiger partial charge < -0.3 is 10.2 Å². The molecule has 1 atom stereocenters. The minimum atomic E-state index is 0.216. The van der Waals surface area contributed by atoms with E-state index in [1.165, 1.54) is 12.1 Å². The average Bonchev–Trinajstić information content (AvgIpc) is 2.75. The number of halogens is 1. The minimum absolute atomic E-state index is 0.216. The van der Waals surface area contributed by atoms with Crippen LogP contribution in [-0.4, -0.2) is 25.2 Å². The summed E-state index contributed by atoms with van der Waals surface area (Å²) in [4.78, 5) is 2.45. The second-order valence-corrected chi connectivity index (χ2v) is 6.64. The van der Waals surface area contributed by atoms with Crippen LogP contribution in [0.25, 0.3) is 0 Å². The summed E-state index contributed by atoms with van der Waals surface area (Å²) in [7, 11) is 0. The Labute approximate surface area is 115 Å². The first kappa shape index (κ1) is 13.7. The van der Waals surface area contributed by atoms with Crippen LogP contribution in [0.5, 0.6) is 0 Å². The normalized spacial score (nSPS) is 20.4. The molecule has 2 nitrogen and oxygen atoms in total. The average molecular weight is 267 g/mol. The van der Waals surface area contributed by atoms with Crippen molar-refractivity contribution in [2.24, 2.45) is 5.92 Å². The van der Waals surface area contributed by atoms with Gasteiger partial charge in [0.2, 0.25) is 0 Å². The predicted molar refractivity (Wildman–Crippen MR) is 79.5 cm³/mol. The number of benzene rings is 1. The van der Waals surface area contributed by atoms with Crippen molar-refractivity contribution in [3.63, 3.8) is 0 Å². The molecule has 2 rings (SSSR count). The lowest BCUT2D eigenvalue weighted by molar-refractivity contribution is 0.383. The van der Waals surface area contributed by atoms with Crippen LogP contribution in [0, 0.1) is 5.92 Å². The van der Waals surface area contributed by atoms with Gasteiger partial charge >= 0.3 is 0 Å². The van der Waals surface area contributed by atoms with Gasteiger partial charge in [-0.2, -0.15) is 0 Å². The highest BCUT2D eigenvalue weighted by Gasteiger charge is 2.23. The molecule has 0 radical (unpaired) electrons. The highest BCUT2D eigenvalue weighted by Crippen LogP contribution is 2.25. The van der Waals surface area contributed by atoms with Crippen LogP contribution in [0.3, 0.4) is 0 Å². The Hall–Kier alpha value is -0.730. The molecule has 1 aliphatic heterocycles. The lowest BCUT2D eigenvalue weighted by atomic mass is 10.1. The molecule has 0 amide bonds. The quantitative estimate of drug-likeness (QED) is 0.900. The Morgan fingerprint density at radius 1 is 1.28 bits per heavy atom. The predicted octanol–water partition coefficient (Wildman–Crippen LogP) is 3.55. The van der Waals surface area contributed by atoms with E-state index in [1.807, 2.05) is 12.1 Å². The van der Waals surface area contributed by atoms with Gasteiger partial charge in [-0.25, -0.2) is 0 Å². The summed E-state index contributed by atoms with van der Waals surface area (Å²) in [6.45, 7) is 10.1. The molecular formula is C15H23ClN2. The molecule has 0 aliphatic carbocycles. The molecule has 1 N–H and O–H groups in total. The van der Waals surface area contributed by atoms with Gasteiger partial charge in [0.05, 0.1) is 0 Å². The van der Waals surface area contributed by atoms with Gasteiger partial charge in [-0.15, -0.1) is 0 Å². The fourth-order valence-corrected chi connectivity index (χ4v) is 2.46. The van der Waals surface area contributed by atoms with E-state index in [9.17, 15) is 0 Å². The van der Waals surface area contributed by atoms with Gasteiger partial charge in [-0.3, -0.25) is 0 Å². The lowest BCUT2D eigenvalue weighted by Gasteiger charge is -2.24. The maximum Gasteiger partial charge on any atom is 0.0407 e. The van der Waals surface area contributed by atoms with Crippen molar-refractivity contribution < 1.29 is 0 Å². The molecule has 1 unspecified atom stereocenters. The first-order valence-electron chi connectivity index (χ1n) is 6.69. The Morgan fingerprint density at radius 3 is 2.56 bits per heavy atom. The maximum absolute atomic E-state index is 5.92. The largest absolute Gasteiger partial charge is 0.371 e. The Morgan fingerprint density at radius 2 is 1.94 bits per heavy atom. The van der Waals surface area contributed by atoms with Crippen LogP contribution in [0.2, 0.25) is 5.02 Å². The third kappa shape index (κ3) is 3.89. The van der Waals surface area contributed by atoms with Crippen molar-refractivity contribution in [3.05, 3.63) is 29.3 Å². The van der Waals surface area contributed by atoms with Crippen LogP contribution in [0.15, 0.2) is 24.3 Å². The SMILES string of the molecule is CC(C)(C)NCC1CCN(c2ccc(Cl)cc2)C1. The third-order valence-corrected chi connectivity index (χ3v) is 3.65. The van der Waals surface area contributed by atoms with Crippen molar-refractivity contribution in [1.82, 2.24) is 5.32 Å². The molecule has 0 spiro atoms.